The van der Waals surface area contributed by atoms with Gasteiger partial charge < -0.3 is 5.32 Å². The first-order chi connectivity index (χ1) is 10.3. The van der Waals surface area contributed by atoms with E-state index in [-0.39, 0.29) is 10.3 Å². The van der Waals surface area contributed by atoms with Gasteiger partial charge in [-0.25, -0.2) is 18.5 Å². The van der Waals surface area contributed by atoms with Crippen molar-refractivity contribution in [2.24, 2.45) is 5.14 Å². The molecular weight excluding hydrogens is 347 g/mol. The summed E-state index contributed by atoms with van der Waals surface area (Å²) in [6.07, 6.45) is 1.70. The minimum atomic E-state index is -3.73. The summed E-state index contributed by atoms with van der Waals surface area (Å²) in [4.78, 5) is 7.75. The Labute approximate surface area is 138 Å². The molecule has 1 atom stereocenters. The Morgan fingerprint density at radius 3 is 2.64 bits per heavy atom. The summed E-state index contributed by atoms with van der Waals surface area (Å²) in [6, 6.07) is 6.91. The average molecular weight is 361 g/mol. The molecule has 0 spiro atoms. The van der Waals surface area contributed by atoms with Crippen LogP contribution in [-0.2, 0) is 10.0 Å². The van der Waals surface area contributed by atoms with Crippen molar-refractivity contribution >= 4 is 44.7 Å². The van der Waals surface area contributed by atoms with E-state index in [1.54, 1.807) is 31.2 Å². The van der Waals surface area contributed by atoms with Crippen LogP contribution in [0, 0.1) is 0 Å². The minimum absolute atomic E-state index is 0.0304. The van der Waals surface area contributed by atoms with Crippen LogP contribution in [0.4, 0.5) is 11.5 Å². The van der Waals surface area contributed by atoms with Crippen LogP contribution >= 0.6 is 23.2 Å². The van der Waals surface area contributed by atoms with Gasteiger partial charge in [0.1, 0.15) is 10.3 Å². The first-order valence-corrected chi connectivity index (χ1v) is 8.75. The standard InChI is InChI=1S/C13H14Cl2N4O2S/c1-2-11(22(16,20)21)8-5-3-4-6-10(8)18-12-9(14)7-17-13(15)19-12/h3-7,11H,2H2,1H3,(H2,16,20,21)(H,17,18,19). The van der Waals surface area contributed by atoms with Crippen molar-refractivity contribution in [2.75, 3.05) is 5.32 Å². The van der Waals surface area contributed by atoms with Crippen molar-refractivity contribution in [2.45, 2.75) is 18.6 Å². The number of nitrogens with two attached hydrogens (primary N) is 1. The molecule has 0 saturated carbocycles. The molecule has 2 aromatic rings. The summed E-state index contributed by atoms with van der Waals surface area (Å²) in [5.74, 6) is 0.290. The van der Waals surface area contributed by atoms with Gasteiger partial charge in [-0.3, -0.25) is 0 Å². The van der Waals surface area contributed by atoms with Gasteiger partial charge >= 0.3 is 0 Å². The maximum Gasteiger partial charge on any atom is 0.224 e. The molecule has 0 aliphatic heterocycles. The van der Waals surface area contributed by atoms with E-state index in [1.807, 2.05) is 0 Å². The number of rotatable bonds is 5. The van der Waals surface area contributed by atoms with E-state index in [0.29, 0.717) is 23.5 Å². The molecule has 3 N–H and O–H groups in total. The van der Waals surface area contributed by atoms with Crippen LogP contribution < -0.4 is 10.5 Å². The first kappa shape index (κ1) is 17.0. The molecule has 1 heterocycles. The highest BCUT2D eigenvalue weighted by atomic mass is 35.5. The van der Waals surface area contributed by atoms with Gasteiger partial charge in [0.25, 0.3) is 0 Å². The molecule has 1 aromatic heterocycles. The Hall–Kier alpha value is -1.41. The van der Waals surface area contributed by atoms with Crippen LogP contribution in [0.2, 0.25) is 10.3 Å². The van der Waals surface area contributed by atoms with Crippen molar-refractivity contribution < 1.29 is 8.42 Å². The average Bonchev–Trinajstić information content (AvgIpc) is 2.44. The van der Waals surface area contributed by atoms with Crippen molar-refractivity contribution in [3.8, 4) is 0 Å². The number of halogens is 2. The van der Waals surface area contributed by atoms with E-state index in [1.165, 1.54) is 6.20 Å². The lowest BCUT2D eigenvalue weighted by molar-refractivity contribution is 0.581. The number of aromatic nitrogens is 2. The van der Waals surface area contributed by atoms with E-state index in [9.17, 15) is 8.42 Å². The summed E-state index contributed by atoms with van der Waals surface area (Å²) in [5, 5.41) is 7.76. The SMILES string of the molecule is CCC(c1ccccc1Nc1nc(Cl)ncc1Cl)S(N)(=O)=O. The molecule has 22 heavy (non-hydrogen) atoms. The molecule has 118 valence electrons. The van der Waals surface area contributed by atoms with Gasteiger partial charge in [-0.2, -0.15) is 4.98 Å². The molecule has 2 rings (SSSR count). The van der Waals surface area contributed by atoms with Crippen molar-refractivity contribution in [3.63, 3.8) is 0 Å². The van der Waals surface area contributed by atoms with E-state index in [0.717, 1.165) is 0 Å². The second-order valence-corrected chi connectivity index (χ2v) is 7.03. The second kappa shape index (κ2) is 6.78. The Balaban J connectivity index is 2.47. The number of benzene rings is 1. The Morgan fingerprint density at radius 1 is 1.32 bits per heavy atom. The smallest absolute Gasteiger partial charge is 0.224 e. The van der Waals surface area contributed by atoms with Gasteiger partial charge in [0.2, 0.25) is 15.3 Å². The molecule has 0 saturated heterocycles. The van der Waals surface area contributed by atoms with E-state index in [4.69, 9.17) is 28.3 Å². The first-order valence-electron chi connectivity index (χ1n) is 6.38. The van der Waals surface area contributed by atoms with Crippen LogP contribution in [0.25, 0.3) is 0 Å². The summed E-state index contributed by atoms with van der Waals surface area (Å²) in [5.41, 5.74) is 1.08. The van der Waals surface area contributed by atoms with Crippen LogP contribution in [0.5, 0.6) is 0 Å². The van der Waals surface area contributed by atoms with Crippen molar-refractivity contribution in [3.05, 3.63) is 46.3 Å². The molecule has 1 unspecified atom stereocenters. The number of anilines is 2. The van der Waals surface area contributed by atoms with E-state index in [2.05, 4.69) is 15.3 Å². The summed E-state index contributed by atoms with van der Waals surface area (Å²) < 4.78 is 23.5. The number of hydrogen-bond acceptors (Lipinski definition) is 5. The highest BCUT2D eigenvalue weighted by Gasteiger charge is 2.24. The molecule has 1 aromatic carbocycles. The molecule has 0 bridgehead atoms. The number of nitrogens with zero attached hydrogens (tertiary/aromatic N) is 2. The summed E-state index contributed by atoms with van der Waals surface area (Å²) >= 11 is 11.8. The molecule has 6 nitrogen and oxygen atoms in total. The zero-order valence-corrected chi connectivity index (χ0v) is 14.0. The van der Waals surface area contributed by atoms with Crippen LogP contribution in [-0.4, -0.2) is 18.4 Å². The highest BCUT2D eigenvalue weighted by Crippen LogP contribution is 2.33. The largest absolute Gasteiger partial charge is 0.339 e. The zero-order valence-electron chi connectivity index (χ0n) is 11.6. The van der Waals surface area contributed by atoms with Gasteiger partial charge in [-0.05, 0) is 29.7 Å². The molecule has 0 aliphatic carbocycles. The Bertz CT molecular complexity index is 783. The lowest BCUT2D eigenvalue weighted by Crippen LogP contribution is -2.22. The fourth-order valence-corrected chi connectivity index (χ4v) is 3.38. The van der Waals surface area contributed by atoms with Crippen LogP contribution in [0.3, 0.4) is 0 Å². The highest BCUT2D eigenvalue weighted by molar-refractivity contribution is 7.89. The number of nitrogens with one attached hydrogen (secondary N) is 1. The number of primary sulfonamides is 1. The van der Waals surface area contributed by atoms with Gasteiger partial charge in [0.15, 0.2) is 5.82 Å². The molecule has 0 fully saturated rings. The Morgan fingerprint density at radius 2 is 2.00 bits per heavy atom. The fourth-order valence-electron chi connectivity index (χ4n) is 2.08. The third-order valence-electron chi connectivity index (χ3n) is 3.04. The zero-order chi connectivity index (χ0) is 16.3. The molecule has 0 amide bonds. The molecule has 9 heteroatoms. The number of hydrogen-bond donors (Lipinski definition) is 2. The predicted octanol–water partition coefficient (Wildman–Crippen LogP) is 3.27. The van der Waals surface area contributed by atoms with Gasteiger partial charge in [-0.15, -0.1) is 0 Å². The normalized spacial score (nSPS) is 12.9. The van der Waals surface area contributed by atoms with Gasteiger partial charge in [-0.1, -0.05) is 36.7 Å². The van der Waals surface area contributed by atoms with Crippen molar-refractivity contribution in [1.82, 2.24) is 9.97 Å². The molecule has 0 radical (unpaired) electrons. The van der Waals surface area contributed by atoms with E-state index >= 15 is 0 Å². The third-order valence-corrected chi connectivity index (χ3v) is 4.88. The molecular formula is C13H14Cl2N4O2S. The maximum absolute atomic E-state index is 11.8. The maximum atomic E-state index is 11.8. The minimum Gasteiger partial charge on any atom is -0.339 e. The van der Waals surface area contributed by atoms with Crippen LogP contribution in [0.1, 0.15) is 24.2 Å². The summed E-state index contributed by atoms with van der Waals surface area (Å²) in [6.45, 7) is 1.75. The molecule has 0 aliphatic rings. The second-order valence-electron chi connectivity index (χ2n) is 4.53. The summed E-state index contributed by atoms with van der Waals surface area (Å²) in [7, 11) is -3.73. The lowest BCUT2D eigenvalue weighted by Gasteiger charge is -2.18. The fraction of sp³-hybridized carbons (Fsp3) is 0.231. The Kier molecular flexibility index (Phi) is 5.23. The quantitative estimate of drug-likeness (QED) is 0.797. The van der Waals surface area contributed by atoms with Gasteiger partial charge in [0, 0.05) is 5.69 Å². The number of para-hydroxylation sites is 1. The van der Waals surface area contributed by atoms with Crippen LogP contribution in [0.15, 0.2) is 30.5 Å². The van der Waals surface area contributed by atoms with Gasteiger partial charge in [0.05, 0.1) is 6.20 Å². The number of sulfonamides is 1. The third kappa shape index (κ3) is 3.86. The van der Waals surface area contributed by atoms with E-state index < -0.39 is 15.3 Å². The van der Waals surface area contributed by atoms with Crippen molar-refractivity contribution in [1.29, 1.82) is 0 Å². The topological polar surface area (TPSA) is 98.0 Å². The lowest BCUT2D eigenvalue weighted by atomic mass is 10.1. The monoisotopic (exact) mass is 360 g/mol. The predicted molar refractivity (Wildman–Crippen MR) is 87.9 cm³/mol.